The molecule has 0 atom stereocenters. The number of phenolic OH excluding ortho intramolecular Hbond substituents is 1. The predicted octanol–water partition coefficient (Wildman–Crippen LogP) is 0.127. The average Bonchev–Trinajstić information content (AvgIpc) is 2.56. The van der Waals surface area contributed by atoms with E-state index in [4.69, 9.17) is 12.2 Å². The minimum atomic E-state index is -0.510. The van der Waals surface area contributed by atoms with Gasteiger partial charge in [-0.15, -0.1) is 6.42 Å². The first-order chi connectivity index (χ1) is 11.0. The highest BCUT2D eigenvalue weighted by Crippen LogP contribution is 2.25. The number of hydrogen-bond donors (Lipinski definition) is 4. The topological polar surface area (TPSA) is 108 Å². The quantitative estimate of drug-likeness (QED) is 0.273. The van der Waals surface area contributed by atoms with Gasteiger partial charge in [-0.3, -0.25) is 9.59 Å². The van der Waals surface area contributed by atoms with Crippen LogP contribution in [0.3, 0.4) is 0 Å². The molecule has 0 spiro atoms. The number of carbonyl (C=O) groups is 2. The third-order valence-corrected chi connectivity index (χ3v) is 3.74. The minimum Gasteiger partial charge on any atom is -0.506 e. The van der Waals surface area contributed by atoms with Gasteiger partial charge < -0.3 is 26.4 Å². The summed E-state index contributed by atoms with van der Waals surface area (Å²) >= 11 is 0. The van der Waals surface area contributed by atoms with Gasteiger partial charge in [-0.25, -0.2) is 0 Å². The molecule has 0 aliphatic carbocycles. The van der Waals surface area contributed by atoms with E-state index in [2.05, 4.69) is 16.6 Å². The predicted molar refractivity (Wildman–Crippen MR) is 87.6 cm³/mol. The summed E-state index contributed by atoms with van der Waals surface area (Å²) in [5, 5.41) is 15.5. The molecule has 0 aromatic heterocycles. The van der Waals surface area contributed by atoms with Crippen molar-refractivity contribution >= 4 is 23.2 Å². The maximum absolute atomic E-state index is 12.2. The lowest BCUT2D eigenvalue weighted by molar-refractivity contribution is -0.132. The molecule has 0 bridgehead atoms. The number of nitrogens with one attached hydrogen (secondary N) is 2. The SMILES string of the molecule is C#CC(=O)N(CC(=O)Nc1cc(N)ccc1O)C1CCNCC1. The fourth-order valence-electron chi connectivity index (χ4n) is 2.57. The third kappa shape index (κ3) is 4.37. The maximum atomic E-state index is 12.2. The lowest BCUT2D eigenvalue weighted by atomic mass is 10.0. The van der Waals surface area contributed by atoms with Crippen LogP contribution in [0.4, 0.5) is 11.4 Å². The summed E-state index contributed by atoms with van der Waals surface area (Å²) < 4.78 is 0. The number of amides is 2. The Morgan fingerprint density at radius 2 is 2.13 bits per heavy atom. The van der Waals surface area contributed by atoms with Crippen molar-refractivity contribution in [2.75, 3.05) is 30.7 Å². The highest BCUT2D eigenvalue weighted by atomic mass is 16.3. The normalized spacial score (nSPS) is 14.7. The van der Waals surface area contributed by atoms with Gasteiger partial charge in [0.05, 0.1) is 5.69 Å². The molecule has 122 valence electrons. The monoisotopic (exact) mass is 316 g/mol. The number of piperidine rings is 1. The Kier molecular flexibility index (Phi) is 5.44. The molecule has 1 aromatic carbocycles. The average molecular weight is 316 g/mol. The van der Waals surface area contributed by atoms with Gasteiger partial charge in [0.2, 0.25) is 5.91 Å². The van der Waals surface area contributed by atoms with Crippen LogP contribution in [0.5, 0.6) is 5.75 Å². The van der Waals surface area contributed by atoms with E-state index in [-0.39, 0.29) is 24.0 Å². The molecular weight excluding hydrogens is 296 g/mol. The smallest absolute Gasteiger partial charge is 0.298 e. The molecule has 0 radical (unpaired) electrons. The van der Waals surface area contributed by atoms with Gasteiger partial charge in [0.25, 0.3) is 5.91 Å². The van der Waals surface area contributed by atoms with Crippen LogP contribution in [-0.4, -0.2) is 47.5 Å². The molecule has 1 fully saturated rings. The van der Waals surface area contributed by atoms with Crippen LogP contribution in [0.25, 0.3) is 0 Å². The zero-order valence-corrected chi connectivity index (χ0v) is 12.7. The Bertz CT molecular complexity index is 633. The second-order valence-corrected chi connectivity index (χ2v) is 5.38. The molecule has 2 amide bonds. The Morgan fingerprint density at radius 1 is 1.43 bits per heavy atom. The van der Waals surface area contributed by atoms with Gasteiger partial charge in [0, 0.05) is 11.7 Å². The van der Waals surface area contributed by atoms with Crippen LogP contribution < -0.4 is 16.4 Å². The van der Waals surface area contributed by atoms with E-state index in [0.717, 1.165) is 25.9 Å². The van der Waals surface area contributed by atoms with Crippen molar-refractivity contribution in [3.63, 3.8) is 0 Å². The summed E-state index contributed by atoms with van der Waals surface area (Å²) in [5.41, 5.74) is 6.24. The molecule has 1 saturated heterocycles. The van der Waals surface area contributed by atoms with E-state index in [1.807, 2.05) is 0 Å². The molecule has 7 nitrogen and oxygen atoms in total. The molecule has 1 aliphatic heterocycles. The highest BCUT2D eigenvalue weighted by Gasteiger charge is 2.26. The Hall–Kier alpha value is -2.72. The van der Waals surface area contributed by atoms with Crippen molar-refractivity contribution in [2.24, 2.45) is 0 Å². The van der Waals surface area contributed by atoms with Crippen LogP contribution in [0.15, 0.2) is 18.2 Å². The molecular formula is C16H20N4O3. The number of aromatic hydroxyl groups is 1. The van der Waals surface area contributed by atoms with Gasteiger partial charge in [0.15, 0.2) is 0 Å². The summed E-state index contributed by atoms with van der Waals surface area (Å²) in [6.45, 7) is 1.38. The van der Waals surface area contributed by atoms with Crippen molar-refractivity contribution in [3.8, 4) is 18.1 Å². The number of rotatable bonds is 4. The molecule has 1 aromatic rings. The van der Waals surface area contributed by atoms with E-state index < -0.39 is 11.8 Å². The first kappa shape index (κ1) is 16.6. The van der Waals surface area contributed by atoms with Crippen molar-refractivity contribution in [3.05, 3.63) is 18.2 Å². The van der Waals surface area contributed by atoms with Crippen LogP contribution in [0.1, 0.15) is 12.8 Å². The summed E-state index contributed by atoms with van der Waals surface area (Å²) in [7, 11) is 0. The van der Waals surface area contributed by atoms with Gasteiger partial charge in [0.1, 0.15) is 12.3 Å². The summed E-state index contributed by atoms with van der Waals surface area (Å²) in [6.07, 6.45) is 6.69. The van der Waals surface area contributed by atoms with Crippen molar-refractivity contribution in [2.45, 2.75) is 18.9 Å². The van der Waals surface area contributed by atoms with Gasteiger partial charge >= 0.3 is 0 Å². The van der Waals surface area contributed by atoms with Gasteiger partial charge in [-0.05, 0) is 50.1 Å². The second kappa shape index (κ2) is 7.51. The van der Waals surface area contributed by atoms with Crippen molar-refractivity contribution in [1.82, 2.24) is 10.2 Å². The third-order valence-electron chi connectivity index (χ3n) is 3.74. The van der Waals surface area contributed by atoms with E-state index in [1.165, 1.54) is 23.1 Å². The standard InChI is InChI=1S/C16H20N4O3/c1-2-16(23)20(12-5-7-18-8-6-12)10-15(22)19-13-9-11(17)3-4-14(13)21/h1,3-4,9,12,18,21H,5-8,10,17H2,(H,19,22). The van der Waals surface area contributed by atoms with Crippen LogP contribution in [0.2, 0.25) is 0 Å². The van der Waals surface area contributed by atoms with Gasteiger partial charge in [-0.1, -0.05) is 0 Å². The first-order valence-corrected chi connectivity index (χ1v) is 7.37. The van der Waals surface area contributed by atoms with Crippen molar-refractivity contribution < 1.29 is 14.7 Å². The fourth-order valence-corrected chi connectivity index (χ4v) is 2.57. The molecule has 0 unspecified atom stereocenters. The molecule has 23 heavy (non-hydrogen) atoms. The zero-order valence-electron chi connectivity index (χ0n) is 12.7. The number of nitrogens with zero attached hydrogens (tertiary/aromatic N) is 1. The number of phenols is 1. The number of benzene rings is 1. The Labute approximate surface area is 134 Å². The lowest BCUT2D eigenvalue weighted by Crippen LogP contribution is -2.48. The number of nitrogens with two attached hydrogens (primary N) is 1. The number of anilines is 2. The van der Waals surface area contributed by atoms with Crippen molar-refractivity contribution in [1.29, 1.82) is 0 Å². The lowest BCUT2D eigenvalue weighted by Gasteiger charge is -2.32. The zero-order chi connectivity index (χ0) is 16.8. The summed E-state index contributed by atoms with van der Waals surface area (Å²) in [6, 6.07) is 4.29. The molecule has 0 saturated carbocycles. The summed E-state index contributed by atoms with van der Waals surface area (Å²) in [4.78, 5) is 25.6. The van der Waals surface area contributed by atoms with E-state index in [9.17, 15) is 14.7 Å². The summed E-state index contributed by atoms with van der Waals surface area (Å²) in [5.74, 6) is 1.03. The number of carbonyl (C=O) groups excluding carboxylic acids is 2. The molecule has 7 heteroatoms. The molecule has 1 heterocycles. The van der Waals surface area contributed by atoms with E-state index in [0.29, 0.717) is 5.69 Å². The Balaban J connectivity index is 2.06. The van der Waals surface area contributed by atoms with Gasteiger partial charge in [-0.2, -0.15) is 0 Å². The fraction of sp³-hybridized carbons (Fsp3) is 0.375. The van der Waals surface area contributed by atoms with E-state index >= 15 is 0 Å². The number of nitrogen functional groups attached to an aromatic ring is 1. The first-order valence-electron chi connectivity index (χ1n) is 7.37. The molecule has 1 aliphatic rings. The number of terminal acetylenes is 1. The highest BCUT2D eigenvalue weighted by molar-refractivity contribution is 5.99. The number of hydrogen-bond acceptors (Lipinski definition) is 5. The maximum Gasteiger partial charge on any atom is 0.298 e. The Morgan fingerprint density at radius 3 is 2.78 bits per heavy atom. The molecule has 5 N–H and O–H groups in total. The second-order valence-electron chi connectivity index (χ2n) is 5.38. The van der Waals surface area contributed by atoms with Crippen LogP contribution >= 0.6 is 0 Å². The molecule has 2 rings (SSSR count). The van der Waals surface area contributed by atoms with Crippen LogP contribution in [-0.2, 0) is 9.59 Å². The van der Waals surface area contributed by atoms with E-state index in [1.54, 1.807) is 0 Å². The van der Waals surface area contributed by atoms with Crippen LogP contribution in [0, 0.1) is 12.3 Å². The largest absolute Gasteiger partial charge is 0.506 e. The minimum absolute atomic E-state index is 0.0695.